The number of aryl methyl sites for hydroxylation is 1. The lowest BCUT2D eigenvalue weighted by atomic mass is 10.1. The molecule has 96 valence electrons. The lowest BCUT2D eigenvalue weighted by Gasteiger charge is -2.12. The van der Waals surface area contributed by atoms with Crippen molar-refractivity contribution in [1.29, 1.82) is 0 Å². The highest BCUT2D eigenvalue weighted by Crippen LogP contribution is 2.19. The van der Waals surface area contributed by atoms with E-state index in [0.29, 0.717) is 11.4 Å². The lowest BCUT2D eigenvalue weighted by Crippen LogP contribution is -2.11. The normalized spacial score (nSPS) is 12.6. The van der Waals surface area contributed by atoms with Gasteiger partial charge in [-0.25, -0.2) is 4.68 Å². The van der Waals surface area contributed by atoms with Crippen molar-refractivity contribution in [3.8, 4) is 0 Å². The van der Waals surface area contributed by atoms with Crippen LogP contribution >= 0.6 is 11.6 Å². The van der Waals surface area contributed by atoms with E-state index in [-0.39, 0.29) is 0 Å². The van der Waals surface area contributed by atoms with Crippen LogP contribution < -0.4 is 0 Å². The Kier molecular flexibility index (Phi) is 4.33. The summed E-state index contributed by atoms with van der Waals surface area (Å²) < 4.78 is 1.75. The molecule has 18 heavy (non-hydrogen) atoms. The van der Waals surface area contributed by atoms with Crippen molar-refractivity contribution in [1.82, 2.24) is 15.0 Å². The van der Waals surface area contributed by atoms with Crippen molar-refractivity contribution in [3.63, 3.8) is 0 Å². The van der Waals surface area contributed by atoms with Gasteiger partial charge in [0.05, 0.1) is 11.9 Å². The summed E-state index contributed by atoms with van der Waals surface area (Å²) in [6.45, 7) is 2.83. The average Bonchev–Trinajstić information content (AvgIpc) is 2.78. The van der Waals surface area contributed by atoms with Crippen LogP contribution in [0.25, 0.3) is 0 Å². The Bertz CT molecular complexity index is 512. The maximum Gasteiger partial charge on any atom is 0.101 e. The van der Waals surface area contributed by atoms with Gasteiger partial charge in [-0.1, -0.05) is 35.9 Å². The van der Waals surface area contributed by atoms with Crippen LogP contribution in [0.5, 0.6) is 0 Å². The Morgan fingerprint density at radius 2 is 2.28 bits per heavy atom. The number of benzene rings is 1. The predicted octanol–water partition coefficient (Wildman–Crippen LogP) is 2.62. The number of aliphatic hydroxyl groups is 1. The van der Waals surface area contributed by atoms with Crippen LogP contribution in [0.2, 0.25) is 5.02 Å². The molecule has 0 radical (unpaired) electrons. The Balaban J connectivity index is 2.11. The zero-order valence-corrected chi connectivity index (χ0v) is 11.0. The van der Waals surface area contributed by atoms with Crippen LogP contribution in [-0.4, -0.2) is 20.1 Å². The topological polar surface area (TPSA) is 50.9 Å². The first-order valence-electron chi connectivity index (χ1n) is 6.01. The van der Waals surface area contributed by atoms with E-state index >= 15 is 0 Å². The predicted molar refractivity (Wildman–Crippen MR) is 70.4 cm³/mol. The van der Waals surface area contributed by atoms with Crippen molar-refractivity contribution >= 4 is 11.6 Å². The summed E-state index contributed by atoms with van der Waals surface area (Å²) in [5.41, 5.74) is 1.75. The summed E-state index contributed by atoms with van der Waals surface area (Å²) in [5, 5.41) is 18.7. The first-order valence-corrected chi connectivity index (χ1v) is 6.39. The SMILES string of the molecule is CCCn1nncc1C(O)Cc1cccc(Cl)c1. The van der Waals surface area contributed by atoms with Crippen molar-refractivity contribution in [3.05, 3.63) is 46.7 Å². The number of rotatable bonds is 5. The van der Waals surface area contributed by atoms with Gasteiger partial charge in [-0.15, -0.1) is 5.10 Å². The minimum atomic E-state index is -0.606. The molecular weight excluding hydrogens is 250 g/mol. The molecule has 2 rings (SSSR count). The maximum atomic E-state index is 10.2. The number of hydrogen-bond acceptors (Lipinski definition) is 3. The van der Waals surface area contributed by atoms with E-state index in [0.717, 1.165) is 24.2 Å². The fraction of sp³-hybridized carbons (Fsp3) is 0.385. The molecule has 0 bridgehead atoms. The Morgan fingerprint density at radius 3 is 3.00 bits per heavy atom. The monoisotopic (exact) mass is 265 g/mol. The van der Waals surface area contributed by atoms with Crippen LogP contribution in [0.1, 0.15) is 30.7 Å². The molecule has 1 aromatic carbocycles. The lowest BCUT2D eigenvalue weighted by molar-refractivity contribution is 0.166. The summed E-state index contributed by atoms with van der Waals surface area (Å²) >= 11 is 5.92. The number of nitrogens with zero attached hydrogens (tertiary/aromatic N) is 3. The number of halogens is 1. The highest BCUT2D eigenvalue weighted by Gasteiger charge is 2.14. The molecule has 1 heterocycles. The molecular formula is C13H16ClN3O. The van der Waals surface area contributed by atoms with Gasteiger partial charge >= 0.3 is 0 Å². The van der Waals surface area contributed by atoms with E-state index in [1.807, 2.05) is 24.3 Å². The molecule has 1 unspecified atom stereocenters. The van der Waals surface area contributed by atoms with E-state index in [1.54, 1.807) is 10.9 Å². The molecule has 0 aliphatic rings. The molecule has 0 aliphatic carbocycles. The van der Waals surface area contributed by atoms with Gasteiger partial charge in [0, 0.05) is 18.0 Å². The first-order chi connectivity index (χ1) is 8.70. The molecule has 5 heteroatoms. The van der Waals surface area contributed by atoms with Gasteiger partial charge in [-0.3, -0.25) is 0 Å². The first kappa shape index (κ1) is 13.1. The zero-order valence-electron chi connectivity index (χ0n) is 10.3. The van der Waals surface area contributed by atoms with Crippen LogP contribution in [0.4, 0.5) is 0 Å². The summed E-state index contributed by atoms with van der Waals surface area (Å²) in [6.07, 6.45) is 2.48. The summed E-state index contributed by atoms with van der Waals surface area (Å²) in [7, 11) is 0. The van der Waals surface area contributed by atoms with E-state index in [9.17, 15) is 5.11 Å². The number of aliphatic hydroxyl groups excluding tert-OH is 1. The minimum absolute atomic E-state index is 0.512. The van der Waals surface area contributed by atoms with Crippen molar-refractivity contribution in [2.45, 2.75) is 32.4 Å². The Morgan fingerprint density at radius 1 is 1.44 bits per heavy atom. The Labute approximate surface area is 111 Å². The standard InChI is InChI=1S/C13H16ClN3O/c1-2-6-17-12(9-15-16-17)13(18)8-10-4-3-5-11(14)7-10/h3-5,7,9,13,18H,2,6,8H2,1H3. The highest BCUT2D eigenvalue weighted by molar-refractivity contribution is 6.30. The molecule has 0 amide bonds. The molecule has 2 aromatic rings. The average molecular weight is 266 g/mol. The van der Waals surface area contributed by atoms with Crippen LogP contribution in [0.3, 0.4) is 0 Å². The molecule has 1 N–H and O–H groups in total. The van der Waals surface area contributed by atoms with Gasteiger partial charge in [-0.05, 0) is 24.1 Å². The van der Waals surface area contributed by atoms with Crippen molar-refractivity contribution < 1.29 is 5.11 Å². The van der Waals surface area contributed by atoms with E-state index in [1.165, 1.54) is 0 Å². The molecule has 1 atom stereocenters. The third kappa shape index (κ3) is 3.09. The van der Waals surface area contributed by atoms with Gasteiger partial charge in [-0.2, -0.15) is 0 Å². The second kappa shape index (κ2) is 5.98. The van der Waals surface area contributed by atoms with Gasteiger partial charge in [0.1, 0.15) is 6.10 Å². The third-order valence-corrected chi connectivity index (χ3v) is 2.98. The van der Waals surface area contributed by atoms with Gasteiger partial charge in [0.15, 0.2) is 0 Å². The second-order valence-electron chi connectivity index (χ2n) is 4.23. The molecule has 4 nitrogen and oxygen atoms in total. The molecule has 0 saturated heterocycles. The van der Waals surface area contributed by atoms with Crippen LogP contribution in [-0.2, 0) is 13.0 Å². The maximum absolute atomic E-state index is 10.2. The molecule has 0 aliphatic heterocycles. The van der Waals surface area contributed by atoms with Crippen molar-refractivity contribution in [2.24, 2.45) is 0 Å². The van der Waals surface area contributed by atoms with Gasteiger partial charge in [0.25, 0.3) is 0 Å². The van der Waals surface area contributed by atoms with Crippen LogP contribution in [0.15, 0.2) is 30.5 Å². The third-order valence-electron chi connectivity index (χ3n) is 2.74. The molecule has 1 aromatic heterocycles. The summed E-state index contributed by atoms with van der Waals surface area (Å²) in [6, 6.07) is 7.51. The Hall–Kier alpha value is -1.39. The second-order valence-corrected chi connectivity index (χ2v) is 4.67. The minimum Gasteiger partial charge on any atom is -0.386 e. The van der Waals surface area contributed by atoms with Gasteiger partial charge in [0.2, 0.25) is 0 Å². The van der Waals surface area contributed by atoms with E-state index in [2.05, 4.69) is 17.2 Å². The van der Waals surface area contributed by atoms with Crippen LogP contribution in [0, 0.1) is 0 Å². The number of hydrogen-bond donors (Lipinski definition) is 1. The van der Waals surface area contributed by atoms with E-state index in [4.69, 9.17) is 11.6 Å². The smallest absolute Gasteiger partial charge is 0.101 e. The summed E-state index contributed by atoms with van der Waals surface area (Å²) in [4.78, 5) is 0. The number of aromatic nitrogens is 3. The summed E-state index contributed by atoms with van der Waals surface area (Å²) in [5.74, 6) is 0. The highest BCUT2D eigenvalue weighted by atomic mass is 35.5. The largest absolute Gasteiger partial charge is 0.386 e. The molecule has 0 saturated carbocycles. The van der Waals surface area contributed by atoms with Crippen molar-refractivity contribution in [2.75, 3.05) is 0 Å². The fourth-order valence-electron chi connectivity index (χ4n) is 1.90. The fourth-order valence-corrected chi connectivity index (χ4v) is 2.11. The zero-order chi connectivity index (χ0) is 13.0. The molecule has 0 spiro atoms. The molecule has 0 fully saturated rings. The van der Waals surface area contributed by atoms with E-state index < -0.39 is 6.10 Å². The van der Waals surface area contributed by atoms with Gasteiger partial charge < -0.3 is 5.11 Å². The quantitative estimate of drug-likeness (QED) is 0.904.